The van der Waals surface area contributed by atoms with Gasteiger partial charge in [-0.3, -0.25) is 28.9 Å². The molecule has 6 aromatic carbocycles. The molecule has 105 heavy (non-hydrogen) atoms. The van der Waals surface area contributed by atoms with Crippen LogP contribution in [0.2, 0.25) is 10.0 Å². The largest absolute Gasteiger partial charge is 0.381 e. The quantitative estimate of drug-likeness (QED) is 0.0291. The molecule has 0 bridgehead atoms. The number of halogens is 2. The Bertz CT molecular complexity index is 4760. The first-order valence-electron chi connectivity index (χ1n) is 36.5. The van der Waals surface area contributed by atoms with E-state index in [0.29, 0.717) is 90.2 Å². The molecule has 0 spiro atoms. The summed E-state index contributed by atoms with van der Waals surface area (Å²) >= 11 is 13.0. The number of benzene rings is 6. The lowest BCUT2D eigenvalue weighted by atomic mass is 10.0. The van der Waals surface area contributed by atoms with Gasteiger partial charge in [0.1, 0.15) is 6.29 Å². The smallest absolute Gasteiger partial charge is 0.251 e. The van der Waals surface area contributed by atoms with E-state index in [2.05, 4.69) is 110 Å². The molecule has 23 heteroatoms. The van der Waals surface area contributed by atoms with Crippen molar-refractivity contribution in [2.75, 3.05) is 70.3 Å². The number of aldehydes is 1. The van der Waals surface area contributed by atoms with Crippen LogP contribution >= 0.6 is 23.2 Å². The van der Waals surface area contributed by atoms with Gasteiger partial charge in [0.05, 0.1) is 34.5 Å². The van der Waals surface area contributed by atoms with Gasteiger partial charge in [-0.15, -0.1) is 0 Å². The summed E-state index contributed by atoms with van der Waals surface area (Å²) in [4.78, 5) is 79.9. The Kier molecular flexibility index (Phi) is 25.5. The summed E-state index contributed by atoms with van der Waals surface area (Å²) in [5.74, 6) is -1.16. The minimum atomic E-state index is -0.321. The molecule has 0 unspecified atom stereocenters. The van der Waals surface area contributed by atoms with Crippen LogP contribution in [0.5, 0.6) is 0 Å². The van der Waals surface area contributed by atoms with Gasteiger partial charge >= 0.3 is 0 Å². The number of nitrogens with one attached hydrogen (secondary N) is 6. The van der Waals surface area contributed by atoms with E-state index in [-0.39, 0.29) is 61.9 Å². The number of ether oxygens (including phenoxy) is 2. The predicted molar refractivity (Wildman–Crippen MR) is 414 cm³/mol. The molecule has 0 saturated carbocycles. The molecule has 4 aromatic heterocycles. The number of carbonyl (C=O) groups is 5. The number of nitrogens with zero attached hydrogens (tertiary/aromatic N) is 8. The van der Waals surface area contributed by atoms with Crippen LogP contribution in [0.25, 0.3) is 44.3 Å². The highest BCUT2D eigenvalue weighted by Crippen LogP contribution is 2.35. The van der Waals surface area contributed by atoms with Crippen LogP contribution in [0.3, 0.4) is 0 Å². The van der Waals surface area contributed by atoms with Gasteiger partial charge in [-0.25, -0.2) is 19.3 Å². The summed E-state index contributed by atoms with van der Waals surface area (Å²) in [7, 11) is 2.19. The fourth-order valence-corrected chi connectivity index (χ4v) is 14.4. The number of aryl methyl sites for hydroxylation is 4. The van der Waals surface area contributed by atoms with Crippen molar-refractivity contribution in [2.24, 2.45) is 0 Å². The van der Waals surface area contributed by atoms with Crippen molar-refractivity contribution in [2.45, 2.75) is 131 Å². The average Bonchev–Trinajstić information content (AvgIpc) is 1.63. The molecule has 21 nitrogen and oxygen atoms in total. The molecule has 3 saturated heterocycles. The summed E-state index contributed by atoms with van der Waals surface area (Å²) in [6.07, 6.45) is 10.6. The number of fused-ring (bicyclic) bond motifs is 2. The Morgan fingerprint density at radius 1 is 0.495 bits per heavy atom. The van der Waals surface area contributed by atoms with E-state index < -0.39 is 0 Å². The van der Waals surface area contributed by atoms with Crippen molar-refractivity contribution in [1.82, 2.24) is 60.6 Å². The second kappa shape index (κ2) is 35.7. The molecule has 0 aliphatic carbocycles. The van der Waals surface area contributed by atoms with E-state index in [0.717, 1.165) is 154 Å². The number of pyridine rings is 2. The van der Waals surface area contributed by atoms with Gasteiger partial charge in [-0.2, -0.15) is 10.2 Å². The van der Waals surface area contributed by atoms with Gasteiger partial charge in [0.15, 0.2) is 11.3 Å². The van der Waals surface area contributed by atoms with Gasteiger partial charge in [-0.05, 0) is 203 Å². The van der Waals surface area contributed by atoms with Crippen LogP contribution in [0.1, 0.15) is 151 Å². The second-order valence-electron chi connectivity index (χ2n) is 27.0. The first-order valence-corrected chi connectivity index (χ1v) is 37.3. The molecular weight excluding hydrogens is 1360 g/mol. The molecule has 4 amide bonds. The summed E-state index contributed by atoms with van der Waals surface area (Å²) in [5.41, 5.74) is 16.1. The Morgan fingerprint density at radius 2 is 0.933 bits per heavy atom. The minimum Gasteiger partial charge on any atom is -0.381 e. The van der Waals surface area contributed by atoms with Crippen molar-refractivity contribution >= 4 is 86.6 Å². The number of hydrogen-bond donors (Lipinski definition) is 6. The van der Waals surface area contributed by atoms with Gasteiger partial charge < -0.3 is 46.3 Å². The van der Waals surface area contributed by atoms with Gasteiger partial charge in [0.25, 0.3) is 23.6 Å². The number of likely N-dealkylation sites (N-methyl/N-ethyl adjacent to an activating group) is 1. The lowest BCUT2D eigenvalue weighted by Crippen LogP contribution is -2.30. The predicted octanol–water partition coefficient (Wildman–Crippen LogP) is 13.5. The Balaban J connectivity index is 0.000000199. The van der Waals surface area contributed by atoms with Crippen molar-refractivity contribution < 1.29 is 33.4 Å². The van der Waals surface area contributed by atoms with Crippen LogP contribution in [-0.2, 0) is 68.1 Å². The third kappa shape index (κ3) is 19.0. The Morgan fingerprint density at radius 3 is 1.39 bits per heavy atom. The topological polar surface area (TPSA) is 244 Å². The SMILES string of the molecule is CCc1nc2c(cnn2CC)c(NC2CCOCC2)c1CNC(=O)c1cccc(C(=O)NCc2cc(Cl)cc(-c3cccc(C=O)c3)c2)c1.CCc1nc2c(cnn2CC)c(NC2CCOCC2)c1CNC(=O)c1cccc(C(=O)NCc2cc(Cl)cc(-c3cccc(CN4CCCN(C)CC4)c3)c2)c1. The van der Waals surface area contributed by atoms with E-state index >= 15 is 0 Å². The molecule has 0 atom stereocenters. The van der Waals surface area contributed by atoms with E-state index in [4.69, 9.17) is 42.6 Å². The number of anilines is 2. The van der Waals surface area contributed by atoms with Crippen LogP contribution in [0, 0.1) is 0 Å². The van der Waals surface area contributed by atoms with Gasteiger partial charge in [0, 0.05) is 158 Å². The Labute approximate surface area is 623 Å². The average molecular weight is 1460 g/mol. The van der Waals surface area contributed by atoms with Crippen LogP contribution in [-0.4, -0.2) is 141 Å². The van der Waals surface area contributed by atoms with Crippen LogP contribution in [0.15, 0.2) is 146 Å². The van der Waals surface area contributed by atoms with Crippen LogP contribution < -0.4 is 31.9 Å². The zero-order valence-electron chi connectivity index (χ0n) is 60.3. The van der Waals surface area contributed by atoms with Crippen molar-refractivity contribution in [3.63, 3.8) is 0 Å². The number of hydrogen-bond acceptors (Lipinski definition) is 15. The normalized spacial score (nSPS) is 14.6. The second-order valence-corrected chi connectivity index (χ2v) is 27.8. The first-order chi connectivity index (χ1) is 51.1. The standard InChI is InChI=1S/C44H53ClN8O3.C38H39ClN6O4/c1-4-40-38(41(49-37-13-19-56-20-14-37)39-28-48-53(5-2)42(39)50-40)27-47-44(55)34-12-7-11-33(24-34)43(54)46-26-31-22-35(25-36(45)23-31)32-10-6-9-30(21-32)29-52-16-8-15-51(3)17-18-52;1-3-34-32(35(43-31-11-13-49-14-12-31)33-22-42-45(4-2)36(33)44-34)21-41-38(48)28-10-6-9-27(18-28)37(47)40-20-25-16-29(19-30(39)17-25)26-8-5-7-24(15-26)23-46/h6-7,9-12,21-25,28,37H,4-5,8,13-20,26-27,29H2,1-3H3,(H,46,54)(H,47,55)(H,49,50);5-10,15-19,22-23,31H,3-4,11-14,20-21H2,1-2H3,(H,40,47)(H,41,48)(H,43,44). The van der Waals surface area contributed by atoms with E-state index in [9.17, 15) is 24.0 Å². The third-order valence-corrected chi connectivity index (χ3v) is 20.1. The molecule has 546 valence electrons. The highest BCUT2D eigenvalue weighted by Gasteiger charge is 2.26. The molecule has 3 aliphatic rings. The maximum absolute atomic E-state index is 13.6. The number of aromatic nitrogens is 6. The van der Waals surface area contributed by atoms with E-state index in [1.807, 2.05) is 65.1 Å². The zero-order chi connectivity index (χ0) is 73.3. The highest BCUT2D eigenvalue weighted by molar-refractivity contribution is 6.31. The van der Waals surface area contributed by atoms with E-state index in [1.165, 1.54) is 12.0 Å². The number of rotatable bonds is 25. The maximum atomic E-state index is 13.6. The summed E-state index contributed by atoms with van der Waals surface area (Å²) in [5, 5.41) is 31.8. The molecular formula is C82H92Cl2N14O7. The van der Waals surface area contributed by atoms with Gasteiger partial charge in [0.2, 0.25) is 0 Å². The number of carbonyl (C=O) groups excluding carboxylic acids is 5. The van der Waals surface area contributed by atoms with Crippen molar-refractivity contribution in [3.05, 3.63) is 223 Å². The zero-order valence-corrected chi connectivity index (χ0v) is 61.8. The highest BCUT2D eigenvalue weighted by atomic mass is 35.5. The lowest BCUT2D eigenvalue weighted by Gasteiger charge is -2.26. The van der Waals surface area contributed by atoms with Gasteiger partial charge in [-0.1, -0.05) is 85.6 Å². The first kappa shape index (κ1) is 74.8. The summed E-state index contributed by atoms with van der Waals surface area (Å²) < 4.78 is 15.0. The minimum absolute atomic E-state index is 0.225. The molecule has 13 rings (SSSR count). The lowest BCUT2D eigenvalue weighted by molar-refractivity contribution is 0.0903. The maximum Gasteiger partial charge on any atom is 0.251 e. The molecule has 7 heterocycles. The molecule has 3 fully saturated rings. The molecule has 10 aromatic rings. The fourth-order valence-electron chi connectivity index (χ4n) is 13.9. The summed E-state index contributed by atoms with van der Waals surface area (Å²) in [6, 6.07) is 41.3. The summed E-state index contributed by atoms with van der Waals surface area (Å²) in [6.45, 7) is 18.8. The van der Waals surface area contributed by atoms with Crippen LogP contribution in [0.4, 0.5) is 11.4 Å². The molecule has 6 N–H and O–H groups in total. The monoisotopic (exact) mass is 1450 g/mol. The van der Waals surface area contributed by atoms with E-state index in [1.54, 1.807) is 66.7 Å². The Hall–Kier alpha value is -9.87. The fraction of sp³-hybridized carbons (Fsp3) is 0.354. The molecule has 3 aliphatic heterocycles. The van der Waals surface area contributed by atoms with Crippen molar-refractivity contribution in [3.8, 4) is 22.3 Å². The molecule has 0 radical (unpaired) electrons. The third-order valence-electron chi connectivity index (χ3n) is 19.6. The van der Waals surface area contributed by atoms with Crippen molar-refractivity contribution in [1.29, 1.82) is 0 Å². The number of amides is 4.